The van der Waals surface area contributed by atoms with Crippen molar-refractivity contribution in [3.05, 3.63) is 41.2 Å². The highest BCUT2D eigenvalue weighted by Crippen LogP contribution is 2.18. The van der Waals surface area contributed by atoms with Crippen LogP contribution in [0.2, 0.25) is 0 Å². The van der Waals surface area contributed by atoms with E-state index in [1.54, 1.807) is 13.0 Å². The fourth-order valence-electron chi connectivity index (χ4n) is 1.91. The second-order valence-corrected chi connectivity index (χ2v) is 6.15. The summed E-state index contributed by atoms with van der Waals surface area (Å²) in [5, 5.41) is 9.14. The maximum absolute atomic E-state index is 11.9. The number of aryl methyl sites for hydroxylation is 2. The van der Waals surface area contributed by atoms with Crippen molar-refractivity contribution in [2.24, 2.45) is 0 Å². The molecule has 1 aromatic heterocycles. The van der Waals surface area contributed by atoms with Crippen LogP contribution >= 0.6 is 11.8 Å². The van der Waals surface area contributed by atoms with Crippen LogP contribution in [0.3, 0.4) is 0 Å². The Balaban J connectivity index is 1.74. The van der Waals surface area contributed by atoms with Gasteiger partial charge in [-0.1, -0.05) is 17.3 Å². The van der Waals surface area contributed by atoms with Crippen molar-refractivity contribution in [1.82, 2.24) is 5.16 Å². The number of amides is 2. The maximum atomic E-state index is 11.9. The van der Waals surface area contributed by atoms with Crippen molar-refractivity contribution >= 4 is 35.1 Å². The Morgan fingerprint density at radius 3 is 2.48 bits per heavy atom. The van der Waals surface area contributed by atoms with Crippen LogP contribution in [-0.4, -0.2) is 28.5 Å². The average Bonchev–Trinajstić information content (AvgIpc) is 2.89. The zero-order valence-corrected chi connectivity index (χ0v) is 14.1. The molecule has 0 saturated carbocycles. The van der Waals surface area contributed by atoms with Crippen LogP contribution in [0.4, 0.5) is 11.5 Å². The van der Waals surface area contributed by atoms with Gasteiger partial charge in [0.15, 0.2) is 5.82 Å². The second-order valence-electron chi connectivity index (χ2n) is 5.16. The Bertz CT molecular complexity index is 712. The molecule has 0 atom stereocenters. The smallest absolute Gasteiger partial charge is 0.235 e. The summed E-state index contributed by atoms with van der Waals surface area (Å²) in [5.41, 5.74) is 2.97. The van der Waals surface area contributed by atoms with E-state index in [2.05, 4.69) is 15.8 Å². The zero-order valence-electron chi connectivity index (χ0n) is 13.3. The molecular formula is C16H19N3O3S. The summed E-state index contributed by atoms with van der Waals surface area (Å²) in [5.74, 6) is 1.04. The van der Waals surface area contributed by atoms with Crippen molar-refractivity contribution in [2.75, 3.05) is 22.1 Å². The minimum Gasteiger partial charge on any atom is -0.360 e. The number of thioether (sulfide) groups is 1. The molecule has 0 spiro atoms. The number of hydrogen-bond acceptors (Lipinski definition) is 5. The predicted molar refractivity (Wildman–Crippen MR) is 91.7 cm³/mol. The average molecular weight is 333 g/mol. The van der Waals surface area contributed by atoms with Crippen LogP contribution in [0.25, 0.3) is 0 Å². The Kier molecular flexibility index (Phi) is 5.81. The second kappa shape index (κ2) is 7.82. The van der Waals surface area contributed by atoms with Crippen LogP contribution in [0.5, 0.6) is 0 Å². The molecule has 2 amide bonds. The highest BCUT2D eigenvalue weighted by molar-refractivity contribution is 8.00. The van der Waals surface area contributed by atoms with E-state index in [0.29, 0.717) is 11.6 Å². The van der Waals surface area contributed by atoms with Crippen molar-refractivity contribution in [3.63, 3.8) is 0 Å². The van der Waals surface area contributed by atoms with Crippen molar-refractivity contribution < 1.29 is 14.1 Å². The number of benzene rings is 1. The molecule has 6 nitrogen and oxygen atoms in total. The SMILES string of the molecule is Cc1cc(NC(=O)CSCC(=O)Nc2cccc(C)c2C)no1. The summed E-state index contributed by atoms with van der Waals surface area (Å²) < 4.78 is 4.86. The highest BCUT2D eigenvalue weighted by atomic mass is 32.2. The summed E-state index contributed by atoms with van der Waals surface area (Å²) in [4.78, 5) is 23.6. The highest BCUT2D eigenvalue weighted by Gasteiger charge is 2.09. The van der Waals surface area contributed by atoms with Gasteiger partial charge in [0.05, 0.1) is 11.5 Å². The molecule has 2 aromatic rings. The quantitative estimate of drug-likeness (QED) is 0.849. The number of carbonyl (C=O) groups is 2. The Hall–Kier alpha value is -2.28. The van der Waals surface area contributed by atoms with Gasteiger partial charge in [-0.3, -0.25) is 9.59 Å². The number of nitrogens with one attached hydrogen (secondary N) is 2. The van der Waals surface area contributed by atoms with Gasteiger partial charge >= 0.3 is 0 Å². The number of anilines is 2. The molecule has 0 saturated heterocycles. The first kappa shape index (κ1) is 17.1. The lowest BCUT2D eigenvalue weighted by Crippen LogP contribution is -2.19. The van der Waals surface area contributed by atoms with Crippen LogP contribution in [0.1, 0.15) is 16.9 Å². The monoisotopic (exact) mass is 333 g/mol. The molecule has 2 N–H and O–H groups in total. The van der Waals surface area contributed by atoms with E-state index < -0.39 is 0 Å². The maximum Gasteiger partial charge on any atom is 0.235 e. The first-order valence-corrected chi connectivity index (χ1v) is 8.28. The van der Waals surface area contributed by atoms with Gasteiger partial charge in [0, 0.05) is 11.8 Å². The van der Waals surface area contributed by atoms with E-state index in [1.165, 1.54) is 11.8 Å². The topological polar surface area (TPSA) is 84.2 Å². The van der Waals surface area contributed by atoms with Gasteiger partial charge in [-0.15, -0.1) is 11.8 Å². The standard InChI is InChI=1S/C16H19N3O3S/c1-10-5-4-6-13(12(10)3)17-15(20)8-23-9-16(21)18-14-7-11(2)22-19-14/h4-7H,8-9H2,1-3H3,(H,17,20)(H,18,19,21). The molecular weight excluding hydrogens is 314 g/mol. The Labute approximate surface area is 139 Å². The van der Waals surface area contributed by atoms with Gasteiger partial charge in [0.25, 0.3) is 0 Å². The molecule has 0 fully saturated rings. The van der Waals surface area contributed by atoms with Gasteiger partial charge < -0.3 is 15.2 Å². The molecule has 2 rings (SSSR count). The van der Waals surface area contributed by atoms with Crippen LogP contribution < -0.4 is 10.6 Å². The van der Waals surface area contributed by atoms with E-state index in [9.17, 15) is 9.59 Å². The van der Waals surface area contributed by atoms with Crippen molar-refractivity contribution in [2.45, 2.75) is 20.8 Å². The van der Waals surface area contributed by atoms with Crippen LogP contribution in [0, 0.1) is 20.8 Å². The summed E-state index contributed by atoms with van der Waals surface area (Å²) in [7, 11) is 0. The zero-order chi connectivity index (χ0) is 16.8. The molecule has 0 aliphatic carbocycles. The minimum absolute atomic E-state index is 0.131. The molecule has 0 aliphatic rings. The normalized spacial score (nSPS) is 10.4. The van der Waals surface area contributed by atoms with E-state index in [-0.39, 0.29) is 23.3 Å². The summed E-state index contributed by atoms with van der Waals surface area (Å²) >= 11 is 1.24. The molecule has 23 heavy (non-hydrogen) atoms. The molecule has 1 heterocycles. The van der Waals surface area contributed by atoms with Gasteiger partial charge in [0.1, 0.15) is 5.76 Å². The molecule has 0 unspecified atom stereocenters. The first-order valence-electron chi connectivity index (χ1n) is 7.12. The summed E-state index contributed by atoms with van der Waals surface area (Å²) in [6.45, 7) is 5.70. The molecule has 7 heteroatoms. The van der Waals surface area contributed by atoms with Crippen LogP contribution in [-0.2, 0) is 9.59 Å². The minimum atomic E-state index is -0.220. The van der Waals surface area contributed by atoms with E-state index in [0.717, 1.165) is 16.8 Å². The third kappa shape index (κ3) is 5.14. The van der Waals surface area contributed by atoms with Crippen LogP contribution in [0.15, 0.2) is 28.8 Å². The summed E-state index contributed by atoms with van der Waals surface area (Å²) in [6, 6.07) is 7.40. The fourth-order valence-corrected chi connectivity index (χ4v) is 2.53. The number of nitrogens with zero attached hydrogens (tertiary/aromatic N) is 1. The molecule has 0 aliphatic heterocycles. The fraction of sp³-hybridized carbons (Fsp3) is 0.312. The lowest BCUT2D eigenvalue weighted by Gasteiger charge is -2.10. The third-order valence-corrected chi connectivity index (χ3v) is 4.17. The van der Waals surface area contributed by atoms with E-state index in [1.807, 2.05) is 32.0 Å². The lowest BCUT2D eigenvalue weighted by molar-refractivity contribution is -0.114. The van der Waals surface area contributed by atoms with Crippen molar-refractivity contribution in [1.29, 1.82) is 0 Å². The largest absolute Gasteiger partial charge is 0.360 e. The third-order valence-electron chi connectivity index (χ3n) is 3.24. The predicted octanol–water partition coefficient (Wildman–Crippen LogP) is 2.91. The molecule has 0 radical (unpaired) electrons. The van der Waals surface area contributed by atoms with Gasteiger partial charge in [-0.2, -0.15) is 0 Å². The van der Waals surface area contributed by atoms with Gasteiger partial charge in [-0.25, -0.2) is 0 Å². The number of rotatable bonds is 6. The van der Waals surface area contributed by atoms with E-state index in [4.69, 9.17) is 4.52 Å². The molecule has 122 valence electrons. The molecule has 0 bridgehead atoms. The summed E-state index contributed by atoms with van der Waals surface area (Å²) in [6.07, 6.45) is 0. The number of hydrogen-bond donors (Lipinski definition) is 2. The molecule has 1 aromatic carbocycles. The van der Waals surface area contributed by atoms with E-state index >= 15 is 0 Å². The Morgan fingerprint density at radius 1 is 1.13 bits per heavy atom. The lowest BCUT2D eigenvalue weighted by atomic mass is 10.1. The van der Waals surface area contributed by atoms with Gasteiger partial charge in [-0.05, 0) is 38.0 Å². The van der Waals surface area contributed by atoms with Crippen molar-refractivity contribution in [3.8, 4) is 0 Å². The first-order chi connectivity index (χ1) is 11.0. The Morgan fingerprint density at radius 2 is 1.83 bits per heavy atom. The number of aromatic nitrogens is 1. The van der Waals surface area contributed by atoms with Gasteiger partial charge in [0.2, 0.25) is 11.8 Å². The number of carbonyl (C=O) groups excluding carboxylic acids is 2.